The Balaban J connectivity index is 2.21. The van der Waals surface area contributed by atoms with Crippen LogP contribution < -0.4 is 4.74 Å². The summed E-state index contributed by atoms with van der Waals surface area (Å²) in [5, 5.41) is 0. The minimum atomic E-state index is -0.568. The maximum Gasteiger partial charge on any atom is 0.233 e. The highest BCUT2D eigenvalue weighted by Crippen LogP contribution is 2.36. The lowest BCUT2D eigenvalue weighted by Crippen LogP contribution is -2.22. The number of benzene rings is 1. The summed E-state index contributed by atoms with van der Waals surface area (Å²) in [6.45, 7) is 4.32. The molecule has 0 saturated heterocycles. The number of allylic oxidation sites excluding steroid dienone is 1. The average molecular weight is 285 g/mol. The number of hydrogen-bond acceptors (Lipinski definition) is 5. The quantitative estimate of drug-likeness (QED) is 0.780. The lowest BCUT2D eigenvalue weighted by Gasteiger charge is -2.18. The summed E-state index contributed by atoms with van der Waals surface area (Å²) < 4.78 is 10.9. The fraction of sp³-hybridized carbons (Fsp3) is 0.312. The SMILES string of the molecule is COc1cccc2c1C(C1=NC(C)(C)CO1)=CC(=O)C2=O. The molecule has 0 amide bonds. The summed E-state index contributed by atoms with van der Waals surface area (Å²) in [5.74, 6) is -0.200. The molecule has 0 aromatic heterocycles. The third kappa shape index (κ3) is 2.14. The Morgan fingerprint density at radius 1 is 1.29 bits per heavy atom. The zero-order valence-corrected chi connectivity index (χ0v) is 12.1. The van der Waals surface area contributed by atoms with Crippen molar-refractivity contribution in [3.8, 4) is 5.75 Å². The number of ketones is 2. The molecule has 1 aromatic carbocycles. The summed E-state index contributed by atoms with van der Waals surface area (Å²) in [6.07, 6.45) is 1.29. The molecular formula is C16H15NO4. The van der Waals surface area contributed by atoms with Gasteiger partial charge in [0.15, 0.2) is 0 Å². The van der Waals surface area contributed by atoms with Crippen LogP contribution in [0.2, 0.25) is 0 Å². The van der Waals surface area contributed by atoms with Crippen molar-refractivity contribution >= 4 is 23.0 Å². The van der Waals surface area contributed by atoms with Crippen LogP contribution in [0, 0.1) is 0 Å². The minimum Gasteiger partial charge on any atom is -0.496 e. The van der Waals surface area contributed by atoms with Crippen LogP contribution in [-0.4, -0.2) is 36.7 Å². The molecule has 1 aromatic rings. The number of carbonyl (C=O) groups excluding carboxylic acids is 2. The third-order valence-electron chi connectivity index (χ3n) is 3.46. The fourth-order valence-electron chi connectivity index (χ4n) is 2.46. The van der Waals surface area contributed by atoms with Gasteiger partial charge in [0.1, 0.15) is 12.4 Å². The van der Waals surface area contributed by atoms with Crippen LogP contribution in [0.3, 0.4) is 0 Å². The number of rotatable bonds is 2. The van der Waals surface area contributed by atoms with Crippen molar-refractivity contribution in [1.29, 1.82) is 0 Å². The molecule has 1 aliphatic heterocycles. The predicted octanol–water partition coefficient (Wildman–Crippen LogP) is 2.05. The van der Waals surface area contributed by atoms with Crippen LogP contribution in [0.4, 0.5) is 0 Å². The molecule has 5 heteroatoms. The lowest BCUT2D eigenvalue weighted by atomic mass is 9.88. The first-order chi connectivity index (χ1) is 9.93. The van der Waals surface area contributed by atoms with Crippen molar-refractivity contribution in [2.45, 2.75) is 19.4 Å². The molecule has 0 N–H and O–H groups in total. The summed E-state index contributed by atoms with van der Waals surface area (Å²) in [6, 6.07) is 5.05. The number of fused-ring (bicyclic) bond motifs is 1. The number of carbonyl (C=O) groups is 2. The number of Topliss-reactive ketones (excluding diaryl/α,β-unsaturated/α-hetero) is 1. The Morgan fingerprint density at radius 2 is 2.05 bits per heavy atom. The third-order valence-corrected chi connectivity index (χ3v) is 3.46. The standard InChI is InChI=1S/C16H15NO4/c1-16(2)8-21-15(17-16)10-7-11(18)14(19)9-5-4-6-12(20-3)13(9)10/h4-7H,8H2,1-3H3. The van der Waals surface area contributed by atoms with Gasteiger partial charge in [0, 0.05) is 17.2 Å². The van der Waals surface area contributed by atoms with Gasteiger partial charge in [-0.25, -0.2) is 4.99 Å². The van der Waals surface area contributed by atoms with Gasteiger partial charge in [-0.15, -0.1) is 0 Å². The molecule has 1 aliphatic carbocycles. The van der Waals surface area contributed by atoms with Gasteiger partial charge in [-0.1, -0.05) is 12.1 Å². The Morgan fingerprint density at radius 3 is 2.67 bits per heavy atom. The van der Waals surface area contributed by atoms with Crippen LogP contribution in [0.1, 0.15) is 29.8 Å². The van der Waals surface area contributed by atoms with Crippen molar-refractivity contribution in [3.05, 3.63) is 35.4 Å². The van der Waals surface area contributed by atoms with E-state index in [1.165, 1.54) is 13.2 Å². The Labute approximate surface area is 122 Å². The molecular weight excluding hydrogens is 270 g/mol. The van der Waals surface area contributed by atoms with E-state index >= 15 is 0 Å². The van der Waals surface area contributed by atoms with Gasteiger partial charge in [-0.2, -0.15) is 0 Å². The van der Waals surface area contributed by atoms with Crippen LogP contribution in [0.15, 0.2) is 29.3 Å². The molecule has 3 rings (SSSR count). The monoisotopic (exact) mass is 285 g/mol. The normalized spacial score (nSPS) is 19.6. The molecule has 5 nitrogen and oxygen atoms in total. The second-order valence-electron chi connectivity index (χ2n) is 5.65. The van der Waals surface area contributed by atoms with E-state index in [4.69, 9.17) is 9.47 Å². The van der Waals surface area contributed by atoms with Gasteiger partial charge in [-0.3, -0.25) is 9.59 Å². The maximum atomic E-state index is 12.0. The van der Waals surface area contributed by atoms with Gasteiger partial charge in [-0.05, 0) is 19.9 Å². The Hall–Kier alpha value is -2.43. The van der Waals surface area contributed by atoms with Crippen molar-refractivity contribution < 1.29 is 19.1 Å². The minimum absolute atomic E-state index is 0.327. The van der Waals surface area contributed by atoms with Gasteiger partial charge >= 0.3 is 0 Å². The first kappa shape index (κ1) is 13.5. The topological polar surface area (TPSA) is 65.0 Å². The number of ether oxygens (including phenoxy) is 2. The van der Waals surface area contributed by atoms with E-state index in [2.05, 4.69) is 4.99 Å². The highest BCUT2D eigenvalue weighted by atomic mass is 16.5. The van der Waals surface area contributed by atoms with E-state index in [1.807, 2.05) is 13.8 Å². The molecule has 21 heavy (non-hydrogen) atoms. The smallest absolute Gasteiger partial charge is 0.233 e. The molecule has 0 fully saturated rings. The molecule has 0 saturated carbocycles. The van der Waals surface area contributed by atoms with E-state index in [1.54, 1.807) is 18.2 Å². The maximum absolute atomic E-state index is 12.0. The second kappa shape index (κ2) is 4.55. The van der Waals surface area contributed by atoms with Gasteiger partial charge < -0.3 is 9.47 Å². The molecule has 1 heterocycles. The van der Waals surface area contributed by atoms with E-state index in [9.17, 15) is 9.59 Å². The van der Waals surface area contributed by atoms with Crippen molar-refractivity contribution in [2.24, 2.45) is 4.99 Å². The summed E-state index contributed by atoms with van der Waals surface area (Å²) >= 11 is 0. The molecule has 0 unspecified atom stereocenters. The van der Waals surface area contributed by atoms with Crippen LogP contribution in [0.5, 0.6) is 5.75 Å². The largest absolute Gasteiger partial charge is 0.496 e. The van der Waals surface area contributed by atoms with E-state index in [0.29, 0.717) is 35.0 Å². The molecule has 0 bridgehead atoms. The highest BCUT2D eigenvalue weighted by molar-refractivity contribution is 6.53. The zero-order valence-electron chi connectivity index (χ0n) is 12.1. The highest BCUT2D eigenvalue weighted by Gasteiger charge is 2.35. The molecule has 108 valence electrons. The van der Waals surface area contributed by atoms with Crippen molar-refractivity contribution in [3.63, 3.8) is 0 Å². The number of hydrogen-bond donors (Lipinski definition) is 0. The number of nitrogens with zero attached hydrogens (tertiary/aromatic N) is 1. The van der Waals surface area contributed by atoms with Crippen LogP contribution in [0.25, 0.3) is 5.57 Å². The molecule has 2 aliphatic rings. The Bertz CT molecular complexity index is 713. The summed E-state index contributed by atoms with van der Waals surface area (Å²) in [7, 11) is 1.52. The number of aliphatic imine (C=N–C) groups is 1. The first-order valence-electron chi connectivity index (χ1n) is 6.64. The summed E-state index contributed by atoms with van der Waals surface area (Å²) in [5.41, 5.74) is 1.06. The van der Waals surface area contributed by atoms with Crippen molar-refractivity contribution in [2.75, 3.05) is 13.7 Å². The van der Waals surface area contributed by atoms with E-state index in [0.717, 1.165) is 0 Å². The Kier molecular flexibility index (Phi) is 2.93. The fourth-order valence-corrected chi connectivity index (χ4v) is 2.46. The van der Waals surface area contributed by atoms with Crippen LogP contribution in [-0.2, 0) is 9.53 Å². The molecule has 0 atom stereocenters. The van der Waals surface area contributed by atoms with Gasteiger partial charge in [0.25, 0.3) is 0 Å². The number of methoxy groups -OCH3 is 1. The van der Waals surface area contributed by atoms with Gasteiger partial charge in [0.2, 0.25) is 17.5 Å². The average Bonchev–Trinajstić information content (AvgIpc) is 2.82. The molecule has 0 radical (unpaired) electrons. The van der Waals surface area contributed by atoms with Crippen LogP contribution >= 0.6 is 0 Å². The van der Waals surface area contributed by atoms with Gasteiger partial charge in [0.05, 0.1) is 18.2 Å². The molecule has 0 spiro atoms. The van der Waals surface area contributed by atoms with E-state index < -0.39 is 11.6 Å². The predicted molar refractivity (Wildman–Crippen MR) is 77.8 cm³/mol. The van der Waals surface area contributed by atoms with E-state index in [-0.39, 0.29) is 5.54 Å². The lowest BCUT2D eigenvalue weighted by molar-refractivity contribution is -0.111. The second-order valence-corrected chi connectivity index (χ2v) is 5.65. The summed E-state index contributed by atoms with van der Waals surface area (Å²) in [4.78, 5) is 28.4. The van der Waals surface area contributed by atoms with Crippen molar-refractivity contribution in [1.82, 2.24) is 0 Å². The zero-order chi connectivity index (χ0) is 15.2. The first-order valence-corrected chi connectivity index (χ1v) is 6.64.